The number of carboxylic acid groups (broad SMARTS) is 1. The Kier molecular flexibility index (Phi) is 5.75. The fourth-order valence-corrected chi connectivity index (χ4v) is 1.96. The maximum atomic E-state index is 14.2. The number of carboxylic acids is 1. The molecule has 7 nitrogen and oxygen atoms in total. The zero-order valence-corrected chi connectivity index (χ0v) is 12.2. The first kappa shape index (κ1) is 19.2. The minimum atomic E-state index is -3.29. The van der Waals surface area contributed by atoms with Gasteiger partial charge in [0, 0.05) is 16.9 Å². The summed E-state index contributed by atoms with van der Waals surface area (Å²) in [5.41, 5.74) is 3.20. The Labute approximate surface area is 132 Å². The normalized spacial score (nSPS) is 23.6. The van der Waals surface area contributed by atoms with Crippen molar-refractivity contribution in [1.29, 1.82) is 0 Å². The molecule has 2 atom stereocenters. The SMILES string of the molecule is C=C(C)C(=O)OCCC1(C(=O)O)C(F)=C(F)C(N=[N+]=[N-])=C(F)C1F. The highest BCUT2D eigenvalue weighted by molar-refractivity contribution is 5.87. The number of hydrogen-bond acceptors (Lipinski definition) is 4. The van der Waals surface area contributed by atoms with E-state index in [0.717, 1.165) is 0 Å². The molecule has 0 aromatic heterocycles. The van der Waals surface area contributed by atoms with Crippen molar-refractivity contribution >= 4 is 11.9 Å². The summed E-state index contributed by atoms with van der Waals surface area (Å²) in [6.07, 6.45) is -4.28. The fraction of sp³-hybridized carbons (Fsp3) is 0.385. The Hall–Kier alpha value is -2.81. The zero-order valence-electron chi connectivity index (χ0n) is 12.2. The molecule has 0 radical (unpaired) electrons. The summed E-state index contributed by atoms with van der Waals surface area (Å²) < 4.78 is 60.6. The van der Waals surface area contributed by atoms with Crippen LogP contribution in [0.2, 0.25) is 0 Å². The van der Waals surface area contributed by atoms with Crippen LogP contribution in [0.15, 0.2) is 40.4 Å². The summed E-state index contributed by atoms with van der Waals surface area (Å²) in [6.45, 7) is 3.66. The second-order valence-corrected chi connectivity index (χ2v) is 4.82. The number of ether oxygens (including phenoxy) is 1. The van der Waals surface area contributed by atoms with Crippen LogP contribution < -0.4 is 0 Å². The van der Waals surface area contributed by atoms with Gasteiger partial charge in [-0.05, 0) is 12.5 Å². The van der Waals surface area contributed by atoms with Gasteiger partial charge in [-0.25, -0.2) is 22.4 Å². The average Bonchev–Trinajstić information content (AvgIpc) is 2.52. The first-order valence-electron chi connectivity index (χ1n) is 6.32. The molecule has 0 spiro atoms. The minimum Gasteiger partial charge on any atom is -0.480 e. The minimum absolute atomic E-state index is 0.0706. The molecule has 1 aliphatic rings. The number of rotatable bonds is 6. The van der Waals surface area contributed by atoms with E-state index in [1.54, 1.807) is 0 Å². The van der Waals surface area contributed by atoms with Gasteiger partial charge in [-0.3, -0.25) is 4.79 Å². The molecule has 0 aromatic rings. The van der Waals surface area contributed by atoms with Gasteiger partial charge in [0.2, 0.25) is 0 Å². The number of aliphatic carboxylic acids is 1. The standard InChI is InChI=1S/C13H11F4N3O4/c1-5(2)11(21)24-4-3-13(12(22)23)9(16)6(14)8(19-20-18)7(15)10(13)17/h9H,1,3-4H2,2H3,(H,22,23). The number of esters is 1. The Balaban J connectivity index is 3.28. The van der Waals surface area contributed by atoms with Crippen molar-refractivity contribution in [1.82, 2.24) is 0 Å². The smallest absolute Gasteiger partial charge is 0.333 e. The van der Waals surface area contributed by atoms with Gasteiger partial charge >= 0.3 is 11.9 Å². The Bertz CT molecular complexity index is 712. The second kappa shape index (κ2) is 7.18. The monoisotopic (exact) mass is 349 g/mol. The lowest BCUT2D eigenvalue weighted by atomic mass is 9.74. The van der Waals surface area contributed by atoms with Gasteiger partial charge in [0.25, 0.3) is 0 Å². The van der Waals surface area contributed by atoms with Crippen LogP contribution in [0, 0.1) is 5.41 Å². The van der Waals surface area contributed by atoms with E-state index in [9.17, 15) is 27.2 Å². The molecule has 0 bridgehead atoms. The second-order valence-electron chi connectivity index (χ2n) is 4.82. The number of allylic oxidation sites excluding steroid dienone is 2. The van der Waals surface area contributed by atoms with E-state index in [0.29, 0.717) is 0 Å². The third-order valence-corrected chi connectivity index (χ3v) is 3.28. The van der Waals surface area contributed by atoms with Crippen molar-refractivity contribution in [2.24, 2.45) is 10.5 Å². The lowest BCUT2D eigenvalue weighted by Crippen LogP contribution is -2.45. The molecule has 0 saturated heterocycles. The summed E-state index contributed by atoms with van der Waals surface area (Å²) in [4.78, 5) is 24.6. The Morgan fingerprint density at radius 3 is 2.50 bits per heavy atom. The molecule has 0 saturated carbocycles. The number of carbonyl (C=O) groups excluding carboxylic acids is 1. The van der Waals surface area contributed by atoms with Gasteiger partial charge in [0.05, 0.1) is 6.61 Å². The molecule has 24 heavy (non-hydrogen) atoms. The molecule has 2 unspecified atom stereocenters. The van der Waals surface area contributed by atoms with Crippen LogP contribution >= 0.6 is 0 Å². The van der Waals surface area contributed by atoms with Crippen LogP contribution in [-0.4, -0.2) is 29.8 Å². The highest BCUT2D eigenvalue weighted by Gasteiger charge is 2.58. The predicted octanol–water partition coefficient (Wildman–Crippen LogP) is 3.56. The quantitative estimate of drug-likeness (QED) is 0.197. The van der Waals surface area contributed by atoms with Gasteiger partial charge in [-0.2, -0.15) is 0 Å². The molecule has 0 fully saturated rings. The fourth-order valence-electron chi connectivity index (χ4n) is 1.96. The maximum absolute atomic E-state index is 14.2. The zero-order chi connectivity index (χ0) is 18.7. The maximum Gasteiger partial charge on any atom is 0.333 e. The van der Waals surface area contributed by atoms with Crippen molar-refractivity contribution < 1.29 is 37.0 Å². The van der Waals surface area contributed by atoms with E-state index in [-0.39, 0.29) is 5.57 Å². The molecular weight excluding hydrogens is 338 g/mol. The third kappa shape index (κ3) is 3.11. The van der Waals surface area contributed by atoms with Gasteiger partial charge in [-0.1, -0.05) is 11.7 Å². The molecule has 0 aromatic carbocycles. The van der Waals surface area contributed by atoms with Crippen LogP contribution in [0.5, 0.6) is 0 Å². The van der Waals surface area contributed by atoms with Crippen molar-refractivity contribution in [3.63, 3.8) is 0 Å². The van der Waals surface area contributed by atoms with Gasteiger partial charge in [0.15, 0.2) is 23.2 Å². The number of azide groups is 1. The molecule has 11 heteroatoms. The van der Waals surface area contributed by atoms with E-state index < -0.39 is 59.7 Å². The molecule has 1 aliphatic carbocycles. The molecule has 0 aliphatic heterocycles. The summed E-state index contributed by atoms with van der Waals surface area (Å²) in [6, 6.07) is 0. The number of alkyl halides is 1. The summed E-state index contributed by atoms with van der Waals surface area (Å²) in [7, 11) is 0. The highest BCUT2D eigenvalue weighted by Crippen LogP contribution is 2.50. The molecule has 0 heterocycles. The summed E-state index contributed by atoms with van der Waals surface area (Å²) in [5, 5.41) is 11.6. The first-order chi connectivity index (χ1) is 11.1. The number of halogens is 4. The molecule has 1 rings (SSSR count). The summed E-state index contributed by atoms with van der Waals surface area (Å²) in [5.74, 6) is -9.56. The van der Waals surface area contributed by atoms with Crippen molar-refractivity contribution in [2.75, 3.05) is 6.61 Å². The average molecular weight is 349 g/mol. The van der Waals surface area contributed by atoms with Crippen molar-refractivity contribution in [2.45, 2.75) is 19.5 Å². The van der Waals surface area contributed by atoms with Crippen molar-refractivity contribution in [3.8, 4) is 0 Å². The number of carbonyl (C=O) groups is 2. The number of hydrogen-bond donors (Lipinski definition) is 1. The Morgan fingerprint density at radius 1 is 1.46 bits per heavy atom. The molecule has 130 valence electrons. The predicted molar refractivity (Wildman–Crippen MR) is 71.9 cm³/mol. The van der Waals surface area contributed by atoms with Gasteiger partial charge < -0.3 is 9.84 Å². The third-order valence-electron chi connectivity index (χ3n) is 3.28. The summed E-state index contributed by atoms with van der Waals surface area (Å²) >= 11 is 0. The van der Waals surface area contributed by atoms with Crippen LogP contribution in [0.4, 0.5) is 17.6 Å². The first-order valence-corrected chi connectivity index (χ1v) is 6.32. The van der Waals surface area contributed by atoms with Crippen LogP contribution in [-0.2, 0) is 14.3 Å². The van der Waals surface area contributed by atoms with Gasteiger partial charge in [0.1, 0.15) is 11.5 Å². The van der Waals surface area contributed by atoms with E-state index in [2.05, 4.69) is 16.4 Å². The Morgan fingerprint density at radius 2 is 2.04 bits per heavy atom. The largest absolute Gasteiger partial charge is 0.480 e. The van der Waals surface area contributed by atoms with E-state index in [1.807, 2.05) is 4.91 Å². The topological polar surface area (TPSA) is 112 Å². The van der Waals surface area contributed by atoms with Gasteiger partial charge in [-0.15, -0.1) is 0 Å². The molecular formula is C13H11F4N3O4. The van der Waals surface area contributed by atoms with Crippen molar-refractivity contribution in [3.05, 3.63) is 45.8 Å². The van der Waals surface area contributed by atoms with Crippen LogP contribution in [0.1, 0.15) is 13.3 Å². The van der Waals surface area contributed by atoms with E-state index >= 15 is 0 Å². The lowest BCUT2D eigenvalue weighted by molar-refractivity contribution is -0.155. The highest BCUT2D eigenvalue weighted by atomic mass is 19.2. The lowest BCUT2D eigenvalue weighted by Gasteiger charge is -2.33. The molecule has 0 amide bonds. The number of nitrogens with zero attached hydrogens (tertiary/aromatic N) is 3. The van der Waals surface area contributed by atoms with E-state index in [1.165, 1.54) is 6.92 Å². The van der Waals surface area contributed by atoms with Crippen LogP contribution in [0.25, 0.3) is 10.4 Å². The van der Waals surface area contributed by atoms with Crippen LogP contribution in [0.3, 0.4) is 0 Å². The van der Waals surface area contributed by atoms with E-state index in [4.69, 9.17) is 10.6 Å². The molecule has 1 N–H and O–H groups in total.